The molecule has 0 radical (unpaired) electrons. The summed E-state index contributed by atoms with van der Waals surface area (Å²) < 4.78 is 0. The minimum absolute atomic E-state index is 0.465. The first-order valence-corrected chi connectivity index (χ1v) is 13.0. The van der Waals surface area contributed by atoms with Crippen molar-refractivity contribution in [2.24, 2.45) is 57.4 Å². The molecule has 0 heterocycles. The average molecular weight is 402 g/mol. The minimum atomic E-state index is 0.465. The number of nitrogens with zero attached hydrogens (tertiary/aromatic N) is 1. The van der Waals surface area contributed by atoms with Crippen molar-refractivity contribution in [2.45, 2.75) is 112 Å². The summed E-state index contributed by atoms with van der Waals surface area (Å²) in [5.41, 5.74) is 2.16. The van der Waals surface area contributed by atoms with Crippen molar-refractivity contribution in [3.63, 3.8) is 0 Å². The van der Waals surface area contributed by atoms with Crippen LogP contribution in [0.15, 0.2) is 5.16 Å². The van der Waals surface area contributed by atoms with Crippen LogP contribution in [0.1, 0.15) is 112 Å². The summed E-state index contributed by atoms with van der Waals surface area (Å²) in [5.74, 6) is 5.39. The molecule has 4 aliphatic rings. The fourth-order valence-electron chi connectivity index (χ4n) is 9.12. The summed E-state index contributed by atoms with van der Waals surface area (Å²) in [6, 6.07) is 0. The van der Waals surface area contributed by atoms with Gasteiger partial charge in [-0.15, -0.1) is 0 Å². The van der Waals surface area contributed by atoms with Gasteiger partial charge in [0, 0.05) is 5.92 Å². The third-order valence-electron chi connectivity index (χ3n) is 10.7. The van der Waals surface area contributed by atoms with E-state index in [1.54, 1.807) is 0 Å². The Kier molecular flexibility index (Phi) is 6.13. The van der Waals surface area contributed by atoms with Crippen LogP contribution in [0.3, 0.4) is 0 Å². The van der Waals surface area contributed by atoms with E-state index in [1.165, 1.54) is 76.3 Å². The van der Waals surface area contributed by atoms with Gasteiger partial charge in [-0.1, -0.05) is 71.9 Å². The van der Waals surface area contributed by atoms with Gasteiger partial charge in [-0.05, 0) is 91.3 Å². The maximum absolute atomic E-state index is 10.0. The maximum Gasteiger partial charge on any atom is 0.0610 e. The first kappa shape index (κ1) is 21.7. The van der Waals surface area contributed by atoms with Crippen molar-refractivity contribution < 1.29 is 5.21 Å². The van der Waals surface area contributed by atoms with Gasteiger partial charge in [0.05, 0.1) is 5.71 Å². The van der Waals surface area contributed by atoms with Gasteiger partial charge in [0.15, 0.2) is 0 Å². The quantitative estimate of drug-likeness (QED) is 0.368. The summed E-state index contributed by atoms with van der Waals surface area (Å²) in [4.78, 5) is 0. The monoisotopic (exact) mass is 401 g/mol. The zero-order chi connectivity index (χ0) is 20.8. The standard InChI is InChI=1S/C27H47NO/c1-18(2)9-8-10-19(3)21-12-13-22-25-23(14-16-27(21,22)5)26(4)15-7-6-11-20(26)17-24(25)28-29/h18-23,25,29H,6-17H2,1-5H3/b28-24+/t19-,20-,21-,22+,23+,25+,26+,27-/m1/s1. The fourth-order valence-corrected chi connectivity index (χ4v) is 9.12. The topological polar surface area (TPSA) is 32.6 Å². The van der Waals surface area contributed by atoms with Crippen molar-refractivity contribution >= 4 is 5.71 Å². The van der Waals surface area contributed by atoms with E-state index in [2.05, 4.69) is 39.8 Å². The molecule has 2 heteroatoms. The molecule has 0 aromatic rings. The molecular weight excluding hydrogens is 354 g/mol. The zero-order valence-corrected chi connectivity index (χ0v) is 19.9. The molecule has 166 valence electrons. The normalized spacial score (nSPS) is 47.0. The van der Waals surface area contributed by atoms with Gasteiger partial charge in [0.1, 0.15) is 0 Å². The predicted molar refractivity (Wildman–Crippen MR) is 122 cm³/mol. The molecule has 0 spiro atoms. The molecular formula is C27H47NO. The lowest BCUT2D eigenvalue weighted by Crippen LogP contribution is -2.56. The number of rotatable bonds is 5. The molecule has 4 saturated carbocycles. The van der Waals surface area contributed by atoms with Crippen LogP contribution in [-0.4, -0.2) is 10.9 Å². The number of oxime groups is 1. The number of fused-ring (bicyclic) bond motifs is 5. The molecule has 0 aromatic heterocycles. The van der Waals surface area contributed by atoms with Crippen LogP contribution in [0, 0.1) is 52.3 Å². The second-order valence-electron chi connectivity index (χ2n) is 12.5. The van der Waals surface area contributed by atoms with Crippen LogP contribution in [0.4, 0.5) is 0 Å². The van der Waals surface area contributed by atoms with Crippen LogP contribution in [0.2, 0.25) is 0 Å². The van der Waals surface area contributed by atoms with E-state index < -0.39 is 0 Å². The fraction of sp³-hybridized carbons (Fsp3) is 0.963. The Bertz CT molecular complexity index is 612. The Balaban J connectivity index is 1.55. The lowest BCUT2D eigenvalue weighted by Gasteiger charge is -2.60. The molecule has 4 rings (SSSR count). The van der Waals surface area contributed by atoms with E-state index >= 15 is 0 Å². The third kappa shape index (κ3) is 3.59. The third-order valence-corrected chi connectivity index (χ3v) is 10.7. The predicted octanol–water partition coefficient (Wildman–Crippen LogP) is 7.94. The lowest BCUT2D eigenvalue weighted by atomic mass is 9.44. The molecule has 4 fully saturated rings. The molecule has 0 aromatic carbocycles. The van der Waals surface area contributed by atoms with Crippen molar-refractivity contribution in [2.75, 3.05) is 0 Å². The van der Waals surface area contributed by atoms with Gasteiger partial charge in [-0.2, -0.15) is 0 Å². The summed E-state index contributed by atoms with van der Waals surface area (Å²) >= 11 is 0. The highest BCUT2D eigenvalue weighted by atomic mass is 16.4. The van der Waals surface area contributed by atoms with Crippen LogP contribution < -0.4 is 0 Å². The largest absolute Gasteiger partial charge is 0.411 e. The molecule has 0 aliphatic heterocycles. The van der Waals surface area contributed by atoms with Crippen molar-refractivity contribution in [1.29, 1.82) is 0 Å². The molecule has 0 amide bonds. The Hall–Kier alpha value is -0.530. The summed E-state index contributed by atoms with van der Waals surface area (Å²) in [7, 11) is 0. The molecule has 0 saturated heterocycles. The zero-order valence-electron chi connectivity index (χ0n) is 19.9. The Labute approximate surface area is 180 Å². The van der Waals surface area contributed by atoms with Gasteiger partial charge in [0.2, 0.25) is 0 Å². The number of hydrogen-bond acceptors (Lipinski definition) is 2. The summed E-state index contributed by atoms with van der Waals surface area (Å²) in [6.07, 6.45) is 16.4. The van der Waals surface area contributed by atoms with Gasteiger partial charge < -0.3 is 5.21 Å². The van der Waals surface area contributed by atoms with Gasteiger partial charge in [-0.25, -0.2) is 0 Å². The molecule has 2 nitrogen and oxygen atoms in total. The van der Waals surface area contributed by atoms with E-state index in [1.807, 2.05) is 0 Å². The Morgan fingerprint density at radius 1 is 0.931 bits per heavy atom. The van der Waals surface area contributed by atoms with Gasteiger partial charge >= 0.3 is 0 Å². The average Bonchev–Trinajstić information content (AvgIpc) is 3.04. The van der Waals surface area contributed by atoms with Gasteiger partial charge in [-0.3, -0.25) is 0 Å². The number of hydrogen-bond donors (Lipinski definition) is 1. The first-order valence-electron chi connectivity index (χ1n) is 13.0. The van der Waals surface area contributed by atoms with E-state index in [4.69, 9.17) is 0 Å². The molecule has 1 N–H and O–H groups in total. The molecule has 8 atom stereocenters. The van der Waals surface area contributed by atoms with Crippen LogP contribution in [-0.2, 0) is 0 Å². The first-order chi connectivity index (χ1) is 13.8. The summed E-state index contributed by atoms with van der Waals surface area (Å²) in [6.45, 7) is 12.5. The highest BCUT2D eigenvalue weighted by Crippen LogP contribution is 2.67. The smallest absolute Gasteiger partial charge is 0.0610 e. The maximum atomic E-state index is 10.0. The van der Waals surface area contributed by atoms with Gasteiger partial charge in [0.25, 0.3) is 0 Å². The Morgan fingerprint density at radius 3 is 2.41 bits per heavy atom. The van der Waals surface area contributed by atoms with E-state index in [0.29, 0.717) is 16.7 Å². The SMILES string of the molecule is CC(C)CCC[C@@H](C)[C@H]1CC[C@H]2[C@@H]3/C(=N/O)C[C@H]4CCCC[C@]4(C)[C@H]3CC[C@]12C. The van der Waals surface area contributed by atoms with E-state index in [9.17, 15) is 5.21 Å². The molecule has 4 aliphatic carbocycles. The van der Waals surface area contributed by atoms with Crippen LogP contribution in [0.25, 0.3) is 0 Å². The highest BCUT2D eigenvalue weighted by Gasteiger charge is 2.62. The Morgan fingerprint density at radius 2 is 1.69 bits per heavy atom. The van der Waals surface area contributed by atoms with E-state index in [-0.39, 0.29) is 0 Å². The van der Waals surface area contributed by atoms with Crippen LogP contribution >= 0.6 is 0 Å². The summed E-state index contributed by atoms with van der Waals surface area (Å²) in [5, 5.41) is 14.0. The van der Waals surface area contributed by atoms with Crippen molar-refractivity contribution in [3.8, 4) is 0 Å². The lowest BCUT2D eigenvalue weighted by molar-refractivity contribution is -0.0728. The van der Waals surface area contributed by atoms with Crippen molar-refractivity contribution in [3.05, 3.63) is 0 Å². The van der Waals surface area contributed by atoms with Crippen LogP contribution in [0.5, 0.6) is 0 Å². The second kappa shape index (κ2) is 8.19. The molecule has 0 unspecified atom stereocenters. The van der Waals surface area contributed by atoms with Crippen molar-refractivity contribution in [1.82, 2.24) is 0 Å². The minimum Gasteiger partial charge on any atom is -0.411 e. The highest BCUT2D eigenvalue weighted by molar-refractivity contribution is 5.88. The molecule has 0 bridgehead atoms. The molecule has 29 heavy (non-hydrogen) atoms. The van der Waals surface area contributed by atoms with E-state index in [0.717, 1.165) is 41.9 Å². The second-order valence-corrected chi connectivity index (χ2v) is 12.5.